The van der Waals surface area contributed by atoms with E-state index in [9.17, 15) is 9.59 Å². The zero-order chi connectivity index (χ0) is 23.5. The number of fused-ring (bicyclic) bond motifs is 6. The first-order chi connectivity index (χ1) is 17.2. The number of nitrogens with zero attached hydrogens (tertiary/aromatic N) is 4. The summed E-state index contributed by atoms with van der Waals surface area (Å²) < 4.78 is 6.02. The van der Waals surface area contributed by atoms with Gasteiger partial charge in [-0.3, -0.25) is 19.4 Å². The lowest BCUT2D eigenvalue weighted by Crippen LogP contribution is -2.49. The van der Waals surface area contributed by atoms with Gasteiger partial charge in [0.25, 0.3) is 0 Å². The Labute approximate surface area is 211 Å². The maximum atomic E-state index is 13.3. The molecule has 2 unspecified atom stereocenters. The van der Waals surface area contributed by atoms with Gasteiger partial charge in [0.2, 0.25) is 11.8 Å². The van der Waals surface area contributed by atoms with E-state index in [4.69, 9.17) is 4.37 Å². The molecule has 5 fully saturated rings. The number of imide groups is 1. The minimum absolute atomic E-state index is 0.0261. The van der Waals surface area contributed by atoms with E-state index in [0.29, 0.717) is 30.2 Å². The number of carbonyl (C=O) groups is 2. The van der Waals surface area contributed by atoms with Crippen LogP contribution in [0.3, 0.4) is 0 Å². The molecule has 3 saturated carbocycles. The van der Waals surface area contributed by atoms with Crippen LogP contribution in [0, 0.1) is 35.5 Å². The number of aromatic nitrogens is 1. The van der Waals surface area contributed by atoms with Crippen molar-refractivity contribution in [3.63, 3.8) is 0 Å². The highest BCUT2D eigenvalue weighted by Crippen LogP contribution is 2.56. The molecule has 0 spiro atoms. The number of likely N-dealkylation sites (tertiary alicyclic amines) is 1. The van der Waals surface area contributed by atoms with Gasteiger partial charge < -0.3 is 4.90 Å². The molecule has 2 aromatic rings. The number of hydrogen-bond donors (Lipinski definition) is 0. The summed E-state index contributed by atoms with van der Waals surface area (Å²) in [6.45, 7) is 5.93. The lowest BCUT2D eigenvalue weighted by molar-refractivity contribution is -0.142. The Hall–Kier alpha value is -1.99. The first-order valence-corrected chi connectivity index (χ1v) is 14.6. The molecule has 1 aromatic heterocycles. The Balaban J connectivity index is 0.986. The second-order valence-electron chi connectivity index (χ2n) is 11.8. The lowest BCUT2D eigenvalue weighted by Gasteiger charge is -2.40. The molecule has 2 amide bonds. The minimum Gasteiger partial charge on any atom is -0.353 e. The standard InChI is InChI=1S/C28H36N4O2S/c33-27-24-18-9-10-19(15-18)25(24)28(34)32(27)17-21-6-2-1-5-20(21)16-30-11-13-31(14-12-30)26-22-7-3-4-8-23(22)35-29-26/h3-4,7-8,18-21,24-25H,1-2,5-6,9-17H2/t18-,19?,20+,21?,24+,25-/m1/s1. The van der Waals surface area contributed by atoms with Gasteiger partial charge >= 0.3 is 0 Å². The third kappa shape index (κ3) is 3.72. The second kappa shape index (κ2) is 8.84. The van der Waals surface area contributed by atoms with Gasteiger partial charge in [0.1, 0.15) is 5.82 Å². The van der Waals surface area contributed by atoms with Crippen LogP contribution in [0.1, 0.15) is 44.9 Å². The maximum absolute atomic E-state index is 13.3. The summed E-state index contributed by atoms with van der Waals surface area (Å²) in [5.74, 6) is 3.59. The van der Waals surface area contributed by atoms with Crippen molar-refractivity contribution in [2.75, 3.05) is 44.2 Å². The molecular formula is C28H36N4O2S. The average Bonchev–Trinajstić information content (AvgIpc) is 3.66. The van der Waals surface area contributed by atoms with Crippen molar-refractivity contribution in [1.82, 2.24) is 14.2 Å². The van der Waals surface area contributed by atoms with Crippen molar-refractivity contribution < 1.29 is 9.59 Å². The number of carbonyl (C=O) groups excluding carboxylic acids is 2. The first-order valence-electron chi connectivity index (χ1n) is 13.8. The molecular weight excluding hydrogens is 456 g/mol. The van der Waals surface area contributed by atoms with Crippen LogP contribution in [0.5, 0.6) is 0 Å². The highest BCUT2D eigenvalue weighted by atomic mass is 32.1. The molecule has 2 bridgehead atoms. The van der Waals surface area contributed by atoms with E-state index in [1.165, 1.54) is 29.3 Å². The summed E-state index contributed by atoms with van der Waals surface area (Å²) in [6.07, 6.45) is 8.35. The fourth-order valence-electron chi connectivity index (χ4n) is 8.22. The van der Waals surface area contributed by atoms with Gasteiger partial charge in [0.05, 0.1) is 16.5 Å². The van der Waals surface area contributed by atoms with Crippen LogP contribution in [0.4, 0.5) is 5.82 Å². The second-order valence-corrected chi connectivity index (χ2v) is 12.6. The zero-order valence-electron chi connectivity index (χ0n) is 20.5. The summed E-state index contributed by atoms with van der Waals surface area (Å²) in [7, 11) is 0. The molecule has 6 nitrogen and oxygen atoms in total. The van der Waals surface area contributed by atoms with E-state index in [2.05, 4.69) is 34.1 Å². The van der Waals surface area contributed by atoms with Crippen LogP contribution >= 0.6 is 11.5 Å². The van der Waals surface area contributed by atoms with Crippen LogP contribution < -0.4 is 4.90 Å². The Kier molecular flexibility index (Phi) is 5.61. The highest BCUT2D eigenvalue weighted by molar-refractivity contribution is 7.13. The molecule has 2 saturated heterocycles. The number of piperazine rings is 1. The summed E-state index contributed by atoms with van der Waals surface area (Å²) in [5, 5.41) is 1.27. The molecule has 186 valence electrons. The number of amides is 2. The SMILES string of the molecule is O=C1[C@H]2[C@@H]3CCC(C3)[C@H]2C(=O)N1CC1CCCC[C@H]1CN1CCN(c2nsc3ccccc23)CC1. The molecule has 7 rings (SSSR count). The number of hydrogen-bond acceptors (Lipinski definition) is 6. The van der Waals surface area contributed by atoms with Crippen molar-refractivity contribution in [2.45, 2.75) is 44.9 Å². The van der Waals surface area contributed by atoms with Gasteiger partial charge in [0.15, 0.2) is 0 Å². The van der Waals surface area contributed by atoms with E-state index >= 15 is 0 Å². The van der Waals surface area contributed by atoms with Crippen molar-refractivity contribution in [2.24, 2.45) is 35.5 Å². The van der Waals surface area contributed by atoms with Crippen molar-refractivity contribution >= 4 is 39.3 Å². The van der Waals surface area contributed by atoms with E-state index in [-0.39, 0.29) is 23.7 Å². The van der Waals surface area contributed by atoms with Gasteiger partial charge in [-0.05, 0) is 79.4 Å². The van der Waals surface area contributed by atoms with Gasteiger partial charge in [-0.15, -0.1) is 0 Å². The molecule has 0 radical (unpaired) electrons. The summed E-state index contributed by atoms with van der Waals surface area (Å²) in [6, 6.07) is 8.54. The Morgan fingerprint density at radius 3 is 2.20 bits per heavy atom. The van der Waals surface area contributed by atoms with Crippen LogP contribution in [-0.2, 0) is 9.59 Å². The van der Waals surface area contributed by atoms with E-state index in [1.807, 2.05) is 0 Å². The molecule has 3 aliphatic carbocycles. The quantitative estimate of drug-likeness (QED) is 0.584. The molecule has 2 aliphatic heterocycles. The number of rotatable bonds is 5. The zero-order valence-corrected chi connectivity index (χ0v) is 21.3. The predicted molar refractivity (Wildman–Crippen MR) is 138 cm³/mol. The van der Waals surface area contributed by atoms with E-state index in [1.54, 1.807) is 16.4 Å². The van der Waals surface area contributed by atoms with Crippen molar-refractivity contribution in [1.29, 1.82) is 0 Å². The third-order valence-electron chi connectivity index (χ3n) is 10.0. The largest absolute Gasteiger partial charge is 0.353 e. The van der Waals surface area contributed by atoms with Gasteiger partial charge in [0, 0.05) is 44.7 Å². The fraction of sp³-hybridized carbons (Fsp3) is 0.679. The molecule has 6 atom stereocenters. The van der Waals surface area contributed by atoms with Crippen LogP contribution in [0.2, 0.25) is 0 Å². The van der Waals surface area contributed by atoms with Crippen LogP contribution in [0.25, 0.3) is 10.1 Å². The summed E-state index contributed by atoms with van der Waals surface area (Å²) in [5.41, 5.74) is 0. The third-order valence-corrected chi connectivity index (χ3v) is 10.8. The number of benzene rings is 1. The smallest absolute Gasteiger partial charge is 0.233 e. The summed E-state index contributed by atoms with van der Waals surface area (Å²) in [4.78, 5) is 33.4. The molecule has 35 heavy (non-hydrogen) atoms. The topological polar surface area (TPSA) is 56.8 Å². The lowest BCUT2D eigenvalue weighted by atomic mass is 9.78. The first kappa shape index (κ1) is 22.2. The molecule has 5 aliphatic rings. The molecule has 7 heteroatoms. The predicted octanol–water partition coefficient (Wildman–Crippen LogP) is 4.26. The van der Waals surface area contributed by atoms with E-state index < -0.39 is 0 Å². The average molecular weight is 493 g/mol. The van der Waals surface area contributed by atoms with Gasteiger partial charge in [-0.25, -0.2) is 0 Å². The van der Waals surface area contributed by atoms with Crippen LogP contribution in [-0.4, -0.2) is 65.3 Å². The molecule has 3 heterocycles. The number of anilines is 1. The maximum Gasteiger partial charge on any atom is 0.233 e. The fourth-order valence-corrected chi connectivity index (χ4v) is 9.02. The monoisotopic (exact) mass is 492 g/mol. The van der Waals surface area contributed by atoms with Gasteiger partial charge in [-0.2, -0.15) is 4.37 Å². The van der Waals surface area contributed by atoms with E-state index in [0.717, 1.165) is 64.2 Å². The molecule has 0 N–H and O–H groups in total. The molecule has 1 aromatic carbocycles. The van der Waals surface area contributed by atoms with Gasteiger partial charge in [-0.1, -0.05) is 25.0 Å². The highest BCUT2D eigenvalue weighted by Gasteiger charge is 2.61. The minimum atomic E-state index is 0.0261. The van der Waals surface area contributed by atoms with Crippen molar-refractivity contribution in [3.8, 4) is 0 Å². The Morgan fingerprint density at radius 1 is 0.829 bits per heavy atom. The van der Waals surface area contributed by atoms with Crippen molar-refractivity contribution in [3.05, 3.63) is 24.3 Å². The normalized spacial score (nSPS) is 35.4. The summed E-state index contributed by atoms with van der Waals surface area (Å²) >= 11 is 1.60. The Morgan fingerprint density at radius 2 is 1.49 bits per heavy atom. The van der Waals surface area contributed by atoms with Crippen LogP contribution in [0.15, 0.2) is 24.3 Å². The Bertz CT molecular complexity index is 1100.